The molecule has 8 rings (SSSR count). The summed E-state index contributed by atoms with van der Waals surface area (Å²) in [4.78, 5) is 69.7. The Bertz CT molecular complexity index is 2050. The van der Waals surface area contributed by atoms with Gasteiger partial charge in [0.2, 0.25) is 11.8 Å². The molecule has 12 nitrogen and oxygen atoms in total. The minimum atomic E-state index is -4.53. The molecule has 0 radical (unpaired) electrons. The Labute approximate surface area is 320 Å². The van der Waals surface area contributed by atoms with E-state index in [4.69, 9.17) is 11.6 Å². The first-order chi connectivity index (χ1) is 26.3. The third kappa shape index (κ3) is 7.01. The molecular weight excluding hydrogens is 739 g/mol. The number of carbonyl (C=O) groups is 5. The second kappa shape index (κ2) is 14.4. The predicted molar refractivity (Wildman–Crippen MR) is 196 cm³/mol. The first kappa shape index (κ1) is 37.2. The summed E-state index contributed by atoms with van der Waals surface area (Å²) in [5, 5.41) is 9.41. The molecule has 5 amide bonds. The zero-order valence-corrected chi connectivity index (χ0v) is 30.8. The van der Waals surface area contributed by atoms with Crippen molar-refractivity contribution in [2.75, 3.05) is 42.9 Å². The van der Waals surface area contributed by atoms with Crippen LogP contribution < -0.4 is 15.5 Å². The highest BCUT2D eigenvalue weighted by Crippen LogP contribution is 2.42. The van der Waals surface area contributed by atoms with Crippen LogP contribution in [-0.2, 0) is 26.1 Å². The van der Waals surface area contributed by atoms with Crippen molar-refractivity contribution < 1.29 is 37.1 Å². The maximum Gasteiger partial charge on any atom is 0.416 e. The monoisotopic (exact) mass is 779 g/mol. The minimum Gasteiger partial charge on any atom is -0.371 e. The second-order valence-corrected chi connectivity index (χ2v) is 15.8. The summed E-state index contributed by atoms with van der Waals surface area (Å²) >= 11 is 6.12. The van der Waals surface area contributed by atoms with E-state index in [1.807, 2.05) is 18.5 Å². The van der Waals surface area contributed by atoms with Crippen LogP contribution in [0, 0.1) is 5.92 Å². The number of likely N-dealkylation sites (tertiary alicyclic amines) is 1. The van der Waals surface area contributed by atoms with Crippen LogP contribution in [0.15, 0.2) is 48.8 Å². The summed E-state index contributed by atoms with van der Waals surface area (Å²) in [6.07, 6.45) is 5.33. The van der Waals surface area contributed by atoms with Crippen molar-refractivity contribution in [3.05, 3.63) is 76.1 Å². The maximum absolute atomic E-state index is 13.5. The van der Waals surface area contributed by atoms with Crippen molar-refractivity contribution in [2.24, 2.45) is 5.92 Å². The number of piperidine rings is 3. The summed E-state index contributed by atoms with van der Waals surface area (Å²) in [5.74, 6) is -1.56. The van der Waals surface area contributed by atoms with Crippen molar-refractivity contribution in [2.45, 2.75) is 81.5 Å². The lowest BCUT2D eigenvalue weighted by atomic mass is 9.76. The van der Waals surface area contributed by atoms with E-state index in [-0.39, 0.29) is 40.6 Å². The Kier molecular flexibility index (Phi) is 9.73. The molecule has 0 spiro atoms. The largest absolute Gasteiger partial charge is 0.416 e. The van der Waals surface area contributed by atoms with Crippen LogP contribution in [0.2, 0.25) is 5.02 Å². The van der Waals surface area contributed by atoms with Crippen LogP contribution in [0.5, 0.6) is 0 Å². The molecule has 3 saturated heterocycles. The number of alkyl halides is 3. The highest BCUT2D eigenvalue weighted by atomic mass is 35.5. The Morgan fingerprint density at radius 2 is 1.65 bits per heavy atom. The van der Waals surface area contributed by atoms with E-state index in [0.29, 0.717) is 24.7 Å². The minimum absolute atomic E-state index is 0.0769. The van der Waals surface area contributed by atoms with Crippen molar-refractivity contribution >= 4 is 52.5 Å². The number of nitrogens with one attached hydrogen (secondary N) is 2. The molecular formula is C39H41ClF3N7O5. The number of amides is 5. The number of carbonyl (C=O) groups excluding carboxylic acids is 5. The number of nitrogens with zero attached hydrogens (tertiary/aromatic N) is 5. The highest BCUT2D eigenvalue weighted by molar-refractivity contribution is 6.33. The molecule has 3 aromatic rings. The number of hydrogen-bond acceptors (Lipinski definition) is 8. The lowest BCUT2D eigenvalue weighted by Gasteiger charge is -2.40. The van der Waals surface area contributed by atoms with Gasteiger partial charge < -0.3 is 15.1 Å². The number of aromatic nitrogens is 2. The predicted octanol–water partition coefficient (Wildman–Crippen LogP) is 5.57. The van der Waals surface area contributed by atoms with Gasteiger partial charge in [-0.25, -0.2) is 0 Å². The number of benzene rings is 2. The van der Waals surface area contributed by atoms with Gasteiger partial charge in [0.05, 0.1) is 33.6 Å². The SMILES string of the molecule is O=C1CCC(N2C(=O)c3ccc(N4CCC(CN5CCC(c6cnn(C7(C(=O)Nc8ccc(C(F)(F)F)cc8Cl)CCC7)c6)CC5)CC4)cc3C2=O)C(=O)N1. The number of imide groups is 2. The first-order valence-corrected chi connectivity index (χ1v) is 19.2. The van der Waals surface area contributed by atoms with Crippen LogP contribution in [-0.4, -0.2) is 87.9 Å². The van der Waals surface area contributed by atoms with Gasteiger partial charge >= 0.3 is 6.18 Å². The molecule has 1 aliphatic carbocycles. The Hall–Kier alpha value is -4.76. The van der Waals surface area contributed by atoms with Gasteiger partial charge in [-0.05, 0) is 118 Å². The number of fused-ring (bicyclic) bond motifs is 1. The molecule has 0 bridgehead atoms. The van der Waals surface area contributed by atoms with Crippen LogP contribution in [0.25, 0.3) is 0 Å². The molecule has 1 atom stereocenters. The van der Waals surface area contributed by atoms with Gasteiger partial charge in [0, 0.05) is 37.9 Å². The topological polar surface area (TPSA) is 137 Å². The van der Waals surface area contributed by atoms with Gasteiger partial charge in [-0.3, -0.25) is 38.9 Å². The summed E-state index contributed by atoms with van der Waals surface area (Å²) in [7, 11) is 0. The average molecular weight is 780 g/mol. The highest BCUT2D eigenvalue weighted by Gasteiger charge is 2.48. The van der Waals surface area contributed by atoms with E-state index < -0.39 is 46.9 Å². The average Bonchev–Trinajstić information content (AvgIpc) is 3.72. The first-order valence-electron chi connectivity index (χ1n) is 18.9. The lowest BCUT2D eigenvalue weighted by molar-refractivity contribution is -0.138. The maximum atomic E-state index is 13.5. The smallest absolute Gasteiger partial charge is 0.371 e. The van der Waals surface area contributed by atoms with Gasteiger partial charge in [-0.1, -0.05) is 11.6 Å². The molecule has 4 fully saturated rings. The van der Waals surface area contributed by atoms with Crippen LogP contribution >= 0.6 is 11.6 Å². The van der Waals surface area contributed by atoms with Crippen LogP contribution in [0.3, 0.4) is 0 Å². The lowest BCUT2D eigenvalue weighted by Crippen LogP contribution is -2.54. The molecule has 2 N–H and O–H groups in total. The molecule has 1 saturated carbocycles. The number of halogens is 4. The van der Waals surface area contributed by atoms with E-state index in [1.165, 1.54) is 6.07 Å². The van der Waals surface area contributed by atoms with E-state index in [0.717, 1.165) is 93.1 Å². The third-order valence-corrected chi connectivity index (χ3v) is 12.5. The van der Waals surface area contributed by atoms with Crippen LogP contribution in [0.1, 0.15) is 95.5 Å². The summed E-state index contributed by atoms with van der Waals surface area (Å²) in [6, 6.07) is 7.19. The Morgan fingerprint density at radius 1 is 0.927 bits per heavy atom. The molecule has 16 heteroatoms. The van der Waals surface area contributed by atoms with E-state index in [1.54, 1.807) is 16.8 Å². The van der Waals surface area contributed by atoms with E-state index in [2.05, 4.69) is 25.5 Å². The molecule has 2 aromatic carbocycles. The zero-order valence-electron chi connectivity index (χ0n) is 30.0. The summed E-state index contributed by atoms with van der Waals surface area (Å²) < 4.78 is 41.0. The molecule has 4 aliphatic heterocycles. The fourth-order valence-corrected chi connectivity index (χ4v) is 8.96. The fraction of sp³-hybridized carbons (Fsp3) is 0.487. The van der Waals surface area contributed by atoms with E-state index >= 15 is 0 Å². The number of hydrogen-bond donors (Lipinski definition) is 2. The molecule has 5 heterocycles. The van der Waals surface area contributed by atoms with Crippen molar-refractivity contribution in [1.82, 2.24) is 24.9 Å². The van der Waals surface area contributed by atoms with Crippen molar-refractivity contribution in [3.63, 3.8) is 0 Å². The van der Waals surface area contributed by atoms with Gasteiger partial charge in [-0.15, -0.1) is 0 Å². The molecule has 1 unspecified atom stereocenters. The fourth-order valence-electron chi connectivity index (χ4n) is 8.73. The number of rotatable bonds is 8. The normalized spacial score (nSPS) is 22.4. The number of anilines is 2. The van der Waals surface area contributed by atoms with Crippen molar-refractivity contribution in [3.8, 4) is 0 Å². The van der Waals surface area contributed by atoms with Gasteiger partial charge in [0.15, 0.2) is 0 Å². The Morgan fingerprint density at radius 3 is 2.31 bits per heavy atom. The standard InChI is InChI=1S/C39H41ClF3N7O5/c40-30-18-26(39(41,42)43)2-5-31(30)45-37(55)38(12-1-13-38)49-22-25(20-44-49)24-10-14-47(15-11-24)21-23-8-16-48(17-9-23)27-3-4-28-29(19-27)36(54)50(35(28)53)32-6-7-33(51)46-34(32)52/h2-5,18-20,22-24,32H,1,6-17,21H2,(H,45,55)(H,46,51,52). The third-order valence-electron chi connectivity index (χ3n) is 12.2. The molecule has 290 valence electrons. The molecule has 55 heavy (non-hydrogen) atoms. The molecule has 1 aromatic heterocycles. The second-order valence-electron chi connectivity index (χ2n) is 15.4. The molecule has 5 aliphatic rings. The van der Waals surface area contributed by atoms with Gasteiger partial charge in [-0.2, -0.15) is 18.3 Å². The van der Waals surface area contributed by atoms with Crippen LogP contribution in [0.4, 0.5) is 24.5 Å². The van der Waals surface area contributed by atoms with Gasteiger partial charge in [0.25, 0.3) is 17.7 Å². The summed E-state index contributed by atoms with van der Waals surface area (Å²) in [5.41, 5.74) is 0.855. The Balaban J connectivity index is 0.822. The van der Waals surface area contributed by atoms with E-state index in [9.17, 15) is 37.1 Å². The van der Waals surface area contributed by atoms with Crippen molar-refractivity contribution in [1.29, 1.82) is 0 Å². The quantitative estimate of drug-likeness (QED) is 0.284. The zero-order chi connectivity index (χ0) is 38.6. The van der Waals surface area contributed by atoms with Gasteiger partial charge in [0.1, 0.15) is 11.6 Å². The summed E-state index contributed by atoms with van der Waals surface area (Å²) in [6.45, 7) is 4.52.